The van der Waals surface area contributed by atoms with Crippen LogP contribution in [-0.4, -0.2) is 299 Å². The van der Waals surface area contributed by atoms with Gasteiger partial charge in [-0.1, -0.05) is 259 Å². The van der Waals surface area contributed by atoms with E-state index in [2.05, 4.69) is 38.3 Å². The van der Waals surface area contributed by atoms with Crippen LogP contribution in [0.3, 0.4) is 0 Å². The van der Waals surface area contributed by atoms with Crippen LogP contribution >= 0.6 is 15.6 Å². The van der Waals surface area contributed by atoms with E-state index in [0.29, 0.717) is 44.9 Å². The maximum absolute atomic E-state index is 14.7. The van der Waals surface area contributed by atoms with Gasteiger partial charge in [-0.15, -0.1) is 0 Å². The average molecular weight is 1850 g/mol. The number of rotatable bonds is 70. The Hall–Kier alpha value is -3.72. The molecule has 41 heteroatoms. The van der Waals surface area contributed by atoms with Crippen LogP contribution in [-0.2, 0) is 89.6 Å². The van der Waals surface area contributed by atoms with E-state index in [0.717, 1.165) is 186 Å². The molecule has 4 fully saturated rings. The number of carbonyl (C=O) groups is 6. The predicted molar refractivity (Wildman–Crippen MR) is 448 cm³/mol. The van der Waals surface area contributed by atoms with Gasteiger partial charge in [-0.25, -0.2) is 18.7 Å². The largest absolute Gasteiger partial charge is 0.477 e. The minimum Gasteiger partial charge on any atom is -0.477 e. The smallest absolute Gasteiger partial charge is 0.472 e. The summed E-state index contributed by atoms with van der Waals surface area (Å²) in [5.74, 6) is -15.8. The molecule has 125 heavy (non-hydrogen) atoms. The van der Waals surface area contributed by atoms with Crippen LogP contribution in [0.1, 0.15) is 323 Å². The molecular weight excluding hydrogens is 1690 g/mol. The zero-order valence-electron chi connectivity index (χ0n) is 73.8. The molecule has 0 aromatic heterocycles. The maximum Gasteiger partial charge on any atom is 0.472 e. The number of aliphatic hydroxyl groups excluding tert-OH is 12. The lowest BCUT2D eigenvalue weighted by atomic mass is 9.89. The van der Waals surface area contributed by atoms with Crippen molar-refractivity contribution >= 4 is 51.3 Å². The highest BCUT2D eigenvalue weighted by Crippen LogP contribution is 2.46. The quantitative estimate of drug-likeness (QED) is 0.0183. The van der Waals surface area contributed by atoms with E-state index in [1.807, 2.05) is 0 Å². The van der Waals surface area contributed by atoms with Crippen molar-refractivity contribution in [1.82, 2.24) is 10.6 Å². The molecular formula is C84H154N2O37P2. The number of amides is 2. The van der Waals surface area contributed by atoms with E-state index in [1.165, 1.54) is 0 Å². The molecule has 0 aromatic rings. The summed E-state index contributed by atoms with van der Waals surface area (Å²) in [5, 5.41) is 160. The molecule has 20 N–H and O–H groups in total. The number of carbonyl (C=O) groups excluding carboxylic acids is 4. The number of esters is 2. The van der Waals surface area contributed by atoms with E-state index < -0.39 is 262 Å². The first-order chi connectivity index (χ1) is 59.4. The normalized spacial score (nSPS) is 28.3. The molecule has 2 amide bonds. The molecule has 4 saturated heterocycles. The average Bonchev–Trinajstić information content (AvgIpc) is 0.747. The van der Waals surface area contributed by atoms with Crippen LogP contribution in [0, 0.1) is 0 Å². The van der Waals surface area contributed by atoms with Gasteiger partial charge in [0.05, 0.1) is 88.7 Å². The molecule has 0 aliphatic carbocycles. The minimum atomic E-state index is -6.07. The molecule has 0 bridgehead atoms. The third-order valence-electron chi connectivity index (χ3n) is 23.3. The van der Waals surface area contributed by atoms with Crippen molar-refractivity contribution in [3.8, 4) is 0 Å². The van der Waals surface area contributed by atoms with Gasteiger partial charge in [-0.2, -0.15) is 0 Å². The summed E-state index contributed by atoms with van der Waals surface area (Å²) in [4.78, 5) is 127. The van der Waals surface area contributed by atoms with Crippen LogP contribution in [0.2, 0.25) is 0 Å². The van der Waals surface area contributed by atoms with Crippen molar-refractivity contribution in [2.45, 2.75) is 469 Å². The Morgan fingerprint density at radius 1 is 0.400 bits per heavy atom. The van der Waals surface area contributed by atoms with E-state index in [1.54, 1.807) is 0 Å². The molecule has 0 aromatic carbocycles. The summed E-state index contributed by atoms with van der Waals surface area (Å²) in [7, 11) is -11.9. The Balaban J connectivity index is 1.91. The second-order valence-electron chi connectivity index (χ2n) is 34.3. The van der Waals surface area contributed by atoms with Crippen molar-refractivity contribution in [2.24, 2.45) is 0 Å². The number of carboxylic acid groups (broad SMARTS) is 2. The number of nitrogens with one attached hydrogen (secondary N) is 2. The van der Waals surface area contributed by atoms with Gasteiger partial charge in [-0.05, 0) is 25.7 Å². The number of ether oxygens (including phenoxy) is 9. The van der Waals surface area contributed by atoms with Crippen molar-refractivity contribution in [3.05, 3.63) is 0 Å². The fraction of sp³-hybridized carbons (Fsp3) is 0.929. The lowest BCUT2D eigenvalue weighted by molar-refractivity contribution is -0.382. The summed E-state index contributed by atoms with van der Waals surface area (Å²) in [5.41, 5.74) is 0. The molecule has 4 aliphatic heterocycles. The van der Waals surface area contributed by atoms with Crippen molar-refractivity contribution < 1.29 is 181 Å². The van der Waals surface area contributed by atoms with Crippen LogP contribution in [0.4, 0.5) is 0 Å². The lowest BCUT2D eigenvalue weighted by Crippen LogP contribution is -2.69. The number of aliphatic hydroxyl groups is 12. The molecule has 732 valence electrons. The highest BCUT2D eigenvalue weighted by Gasteiger charge is 2.63. The van der Waals surface area contributed by atoms with E-state index in [4.69, 9.17) is 51.7 Å². The number of aliphatic carboxylic acids is 2. The molecule has 4 aliphatic rings. The number of phosphoric ester groups is 2. The van der Waals surface area contributed by atoms with Crippen LogP contribution < -0.4 is 10.6 Å². The molecule has 24 atom stereocenters. The second kappa shape index (κ2) is 61.2. The van der Waals surface area contributed by atoms with Crippen LogP contribution in [0.25, 0.3) is 0 Å². The third kappa shape index (κ3) is 42.8. The topological polar surface area (TPSA) is 626 Å². The van der Waals surface area contributed by atoms with Gasteiger partial charge in [-0.3, -0.25) is 28.2 Å². The summed E-state index contributed by atoms with van der Waals surface area (Å²) in [6, 6.07) is -4.32. The first-order valence-corrected chi connectivity index (χ1v) is 49.0. The third-order valence-corrected chi connectivity index (χ3v) is 24.3. The lowest BCUT2D eigenvalue weighted by Gasteiger charge is -2.50. The van der Waals surface area contributed by atoms with Gasteiger partial charge in [0.25, 0.3) is 11.6 Å². The van der Waals surface area contributed by atoms with Crippen molar-refractivity contribution in [2.75, 3.05) is 26.4 Å². The molecule has 0 saturated carbocycles. The minimum absolute atomic E-state index is 0.00264. The number of phosphoric acid groups is 2. The molecule has 4 rings (SSSR count). The summed E-state index contributed by atoms with van der Waals surface area (Å²) in [6.45, 7) is 3.06. The Morgan fingerprint density at radius 3 is 1.13 bits per heavy atom. The zero-order valence-corrected chi connectivity index (χ0v) is 75.5. The summed E-state index contributed by atoms with van der Waals surface area (Å²) in [6.07, 6.45) is -15.5. The van der Waals surface area contributed by atoms with Gasteiger partial charge in [0.15, 0.2) is 24.8 Å². The monoisotopic (exact) mass is 1840 g/mol. The van der Waals surface area contributed by atoms with Crippen LogP contribution in [0.5, 0.6) is 0 Å². The standard InChI is InChI=1S/C84H154N2O37P2/c1-5-9-13-17-21-25-29-33-37-41-55(89)45-65(97)85-69-77(117-67(99)47-57(91)43-39-35-31-27-23-19-15-11-7-3)72(102)63(115-80(69)123-125(110,111)112)53-113-79-70(86-66(98)46-56(90)42-38-34-30-26-22-18-14-10-6-2)78(118-68(100)48-58(92)44-40-36-32-28-24-20-16-12-8-4)76(122-124(107,108)109)64(116-79)54-114-83(81(103)104)50-60(94)74(75(120-83)62(96)52-88)121-84(82(105)106)49-59(93)71(101)73(119-84)61(95)51-87/h55-64,69-80,87-96,101-102H,5-54H2,1-4H3,(H,85,97)(H,86,98)(H,103,104)(H,105,106)(H2,107,108,109)(H2,110,111,112). The SMILES string of the molecule is CCCCCCCCCCCC(O)CC(=O)NC1C(OP(=O)(O)O)OC(COC2OC(COC3(C(=O)O)CC(O)C(OC4(C(=O)O)CC(O)C(O)C(C(O)CO)O4)C(C(O)CO)O3)C(OP(=O)(O)O)C(OC(=O)CC(O)CCCCCCCCCCC)C2NC(=O)CC(O)CCCCCCCCCCC)C(O)C1OC(=O)CC(O)CCCCCCCCCCC. The zero-order chi connectivity index (χ0) is 92.7. The number of unbranched alkanes of at least 4 members (excludes halogenated alkanes) is 32. The van der Waals surface area contributed by atoms with Gasteiger partial charge < -0.3 is 144 Å². The predicted octanol–water partition coefficient (Wildman–Crippen LogP) is 6.21. The Morgan fingerprint density at radius 2 is 0.744 bits per heavy atom. The van der Waals surface area contributed by atoms with Gasteiger partial charge in [0.2, 0.25) is 11.8 Å². The Labute approximate surface area is 735 Å². The number of carboxylic acids is 2. The first kappa shape index (κ1) is 114. The van der Waals surface area contributed by atoms with Crippen LogP contribution in [0.15, 0.2) is 0 Å². The molecule has 4 heterocycles. The van der Waals surface area contributed by atoms with Gasteiger partial charge in [0, 0.05) is 12.8 Å². The van der Waals surface area contributed by atoms with E-state index in [9.17, 15) is 129 Å². The Bertz CT molecular complexity index is 3090. The van der Waals surface area contributed by atoms with E-state index >= 15 is 0 Å². The van der Waals surface area contributed by atoms with Crippen molar-refractivity contribution in [1.29, 1.82) is 0 Å². The maximum atomic E-state index is 14.7. The second-order valence-corrected chi connectivity index (χ2v) is 36.7. The Kier molecular flexibility index (Phi) is 55.6. The van der Waals surface area contributed by atoms with E-state index in [-0.39, 0.29) is 25.7 Å². The fourth-order valence-electron chi connectivity index (χ4n) is 16.2. The molecule has 0 spiro atoms. The summed E-state index contributed by atoms with van der Waals surface area (Å²) < 4.78 is 90.7. The molecule has 39 nitrogen and oxygen atoms in total. The highest BCUT2D eigenvalue weighted by molar-refractivity contribution is 7.46. The number of hydrogen-bond donors (Lipinski definition) is 20. The fourth-order valence-corrected chi connectivity index (χ4v) is 17.3. The molecule has 24 unspecified atom stereocenters. The van der Waals surface area contributed by atoms with Crippen molar-refractivity contribution in [3.63, 3.8) is 0 Å². The summed E-state index contributed by atoms with van der Waals surface area (Å²) >= 11 is 0. The molecule has 0 radical (unpaired) electrons. The van der Waals surface area contributed by atoms with Gasteiger partial charge in [0.1, 0.15) is 73.1 Å². The number of hydrogen-bond acceptors (Lipinski definition) is 31. The van der Waals surface area contributed by atoms with Gasteiger partial charge >= 0.3 is 39.5 Å². The first-order valence-electron chi connectivity index (χ1n) is 46.0. The highest BCUT2D eigenvalue weighted by atomic mass is 31.2.